The summed E-state index contributed by atoms with van der Waals surface area (Å²) >= 11 is 0. The summed E-state index contributed by atoms with van der Waals surface area (Å²) in [4.78, 5) is 6.94. The maximum atomic E-state index is 3.49. The fourth-order valence-electron chi connectivity index (χ4n) is 3.92. The number of rotatable bonds is 1. The van der Waals surface area contributed by atoms with Gasteiger partial charge in [-0.15, -0.1) is 0 Å². The second kappa shape index (κ2) is 4.91. The maximum absolute atomic E-state index is 3.49. The highest BCUT2D eigenvalue weighted by Gasteiger charge is 2.08. The van der Waals surface area contributed by atoms with Crippen molar-refractivity contribution in [3.05, 3.63) is 84.9 Å². The summed E-state index contributed by atoms with van der Waals surface area (Å²) in [7, 11) is 0. The Bertz CT molecular complexity index is 1320. The van der Waals surface area contributed by atoms with Crippen LogP contribution in [-0.4, -0.2) is 9.97 Å². The highest BCUT2D eigenvalue weighted by atomic mass is 14.7. The largest absolute Gasteiger partial charge is 0.355 e. The molecule has 0 bridgehead atoms. The van der Waals surface area contributed by atoms with Crippen molar-refractivity contribution in [1.82, 2.24) is 9.97 Å². The molecule has 6 rings (SSSR count). The molecule has 0 atom stereocenters. The Morgan fingerprint density at radius 2 is 1.27 bits per heavy atom. The Morgan fingerprint density at radius 3 is 2.15 bits per heavy atom. The molecule has 6 aromatic rings. The van der Waals surface area contributed by atoms with Gasteiger partial charge in [-0.1, -0.05) is 42.5 Å². The van der Waals surface area contributed by atoms with Crippen LogP contribution in [0.2, 0.25) is 0 Å². The van der Waals surface area contributed by atoms with Crippen LogP contribution in [0.1, 0.15) is 0 Å². The summed E-state index contributed by atoms with van der Waals surface area (Å²) in [6.07, 6.45) is 0. The van der Waals surface area contributed by atoms with Crippen molar-refractivity contribution in [1.29, 1.82) is 0 Å². The number of fused-ring (bicyclic) bond motifs is 6. The number of aromatic nitrogens is 2. The quantitative estimate of drug-likeness (QED) is 0.358. The van der Waals surface area contributed by atoms with Gasteiger partial charge in [-0.2, -0.15) is 0 Å². The SMILES string of the molecule is c1ccc2[nH]c3ccc(-c4ccc5[nH]c6ccccc6c5c4)cc3c2c#1. The molecule has 2 heterocycles. The topological polar surface area (TPSA) is 31.6 Å². The second-order valence-corrected chi connectivity index (χ2v) is 6.71. The number of aromatic amines is 2. The molecular formula is C24H14N2. The van der Waals surface area contributed by atoms with Gasteiger partial charge in [0.2, 0.25) is 0 Å². The zero-order chi connectivity index (χ0) is 17.1. The Morgan fingerprint density at radius 1 is 0.577 bits per heavy atom. The first-order valence-corrected chi connectivity index (χ1v) is 8.71. The third-order valence-electron chi connectivity index (χ3n) is 5.20. The minimum Gasteiger partial charge on any atom is -0.355 e. The van der Waals surface area contributed by atoms with E-state index in [0.717, 1.165) is 16.4 Å². The average Bonchev–Trinajstić information content (AvgIpc) is 3.25. The molecule has 0 amide bonds. The minimum absolute atomic E-state index is 1.09. The van der Waals surface area contributed by atoms with Crippen LogP contribution in [0.25, 0.3) is 54.7 Å². The highest BCUT2D eigenvalue weighted by molar-refractivity contribution is 6.10. The fraction of sp³-hybridized carbons (Fsp3) is 0. The van der Waals surface area contributed by atoms with E-state index in [1.165, 1.54) is 38.3 Å². The molecule has 0 fully saturated rings. The lowest BCUT2D eigenvalue weighted by molar-refractivity contribution is 1.54. The average molecular weight is 330 g/mol. The summed E-state index contributed by atoms with van der Waals surface area (Å²) in [6, 6.07) is 31.9. The van der Waals surface area contributed by atoms with E-state index in [-0.39, 0.29) is 0 Å². The smallest absolute Gasteiger partial charge is 0.0577 e. The molecule has 0 radical (unpaired) electrons. The van der Waals surface area contributed by atoms with Crippen LogP contribution in [-0.2, 0) is 0 Å². The van der Waals surface area contributed by atoms with Crippen molar-refractivity contribution in [3.63, 3.8) is 0 Å². The summed E-state index contributed by atoms with van der Waals surface area (Å²) in [5, 5.41) is 4.81. The molecular weight excluding hydrogens is 316 g/mol. The Hall–Kier alpha value is -3.70. The van der Waals surface area contributed by atoms with E-state index in [0.29, 0.717) is 0 Å². The molecule has 26 heavy (non-hydrogen) atoms. The van der Waals surface area contributed by atoms with Crippen molar-refractivity contribution in [2.45, 2.75) is 0 Å². The van der Waals surface area contributed by atoms with Crippen molar-refractivity contribution >= 4 is 43.6 Å². The standard InChI is InChI=1S/C24H14N2/c1-3-7-21-17(5-1)19-13-15(9-11-23(19)25-21)16-10-12-24-20(14-16)18-6-2-4-8-22(18)26-24/h1,3-5,7-14,25-26H. The number of nitrogens with one attached hydrogen (secondary N) is 2. The minimum atomic E-state index is 1.09. The van der Waals surface area contributed by atoms with Crippen molar-refractivity contribution in [2.75, 3.05) is 0 Å². The molecule has 0 unspecified atom stereocenters. The zero-order valence-electron chi connectivity index (χ0n) is 13.9. The van der Waals surface area contributed by atoms with Gasteiger partial charge >= 0.3 is 0 Å². The molecule has 0 saturated carbocycles. The van der Waals surface area contributed by atoms with Crippen molar-refractivity contribution in [3.8, 4) is 11.1 Å². The molecule has 2 aromatic heterocycles. The molecule has 0 aliphatic heterocycles. The molecule has 2 N–H and O–H groups in total. The molecule has 0 saturated heterocycles. The Balaban J connectivity index is 1.61. The van der Waals surface area contributed by atoms with Gasteiger partial charge in [0.05, 0.1) is 10.9 Å². The van der Waals surface area contributed by atoms with E-state index in [4.69, 9.17) is 0 Å². The first kappa shape index (κ1) is 13.6. The number of H-pyrrole nitrogens is 2. The van der Waals surface area contributed by atoms with Gasteiger partial charge in [-0.3, -0.25) is 0 Å². The molecule has 0 aliphatic rings. The lowest BCUT2D eigenvalue weighted by atomic mass is 10.0. The van der Waals surface area contributed by atoms with Crippen LogP contribution >= 0.6 is 0 Å². The van der Waals surface area contributed by atoms with E-state index in [9.17, 15) is 0 Å². The normalized spacial score (nSPS) is 11.5. The third kappa shape index (κ3) is 1.83. The second-order valence-electron chi connectivity index (χ2n) is 6.71. The monoisotopic (exact) mass is 330 g/mol. The summed E-state index contributed by atoms with van der Waals surface area (Å²) in [5.74, 6) is 0. The number of hydrogen-bond donors (Lipinski definition) is 2. The summed E-state index contributed by atoms with van der Waals surface area (Å²) < 4.78 is 0. The van der Waals surface area contributed by atoms with E-state index in [1.54, 1.807) is 0 Å². The lowest BCUT2D eigenvalue weighted by Crippen LogP contribution is -1.78. The van der Waals surface area contributed by atoms with Crippen LogP contribution in [0.4, 0.5) is 0 Å². The molecule has 0 spiro atoms. The highest BCUT2D eigenvalue weighted by Crippen LogP contribution is 2.32. The third-order valence-corrected chi connectivity index (χ3v) is 5.20. The zero-order valence-corrected chi connectivity index (χ0v) is 13.9. The van der Waals surface area contributed by atoms with E-state index in [2.05, 4.69) is 82.8 Å². The fourth-order valence-corrected chi connectivity index (χ4v) is 3.92. The van der Waals surface area contributed by atoms with Gasteiger partial charge in [0.15, 0.2) is 0 Å². The van der Waals surface area contributed by atoms with Gasteiger partial charge in [0, 0.05) is 32.7 Å². The van der Waals surface area contributed by atoms with Gasteiger partial charge < -0.3 is 9.97 Å². The number of hydrogen-bond acceptors (Lipinski definition) is 0. The lowest BCUT2D eigenvalue weighted by Gasteiger charge is -2.03. The van der Waals surface area contributed by atoms with E-state index in [1.807, 2.05) is 12.1 Å². The summed E-state index contributed by atoms with van der Waals surface area (Å²) in [6.45, 7) is 0. The molecule has 2 nitrogen and oxygen atoms in total. The van der Waals surface area contributed by atoms with Crippen LogP contribution < -0.4 is 0 Å². The molecule has 4 aromatic carbocycles. The predicted molar refractivity (Wildman–Crippen MR) is 108 cm³/mol. The van der Waals surface area contributed by atoms with Crippen LogP contribution in [0.15, 0.2) is 72.8 Å². The molecule has 2 heteroatoms. The Labute approximate surface area is 150 Å². The Kier molecular flexibility index (Phi) is 2.56. The molecule has 120 valence electrons. The van der Waals surface area contributed by atoms with Crippen molar-refractivity contribution in [2.24, 2.45) is 0 Å². The van der Waals surface area contributed by atoms with Crippen LogP contribution in [0.3, 0.4) is 0 Å². The van der Waals surface area contributed by atoms with Gasteiger partial charge in [-0.05, 0) is 53.6 Å². The number of benzene rings is 3. The van der Waals surface area contributed by atoms with Crippen LogP contribution in [0, 0.1) is 12.1 Å². The van der Waals surface area contributed by atoms with Crippen molar-refractivity contribution < 1.29 is 0 Å². The van der Waals surface area contributed by atoms with E-state index < -0.39 is 0 Å². The van der Waals surface area contributed by atoms with E-state index >= 15 is 0 Å². The van der Waals surface area contributed by atoms with Gasteiger partial charge in [0.1, 0.15) is 0 Å². The predicted octanol–water partition coefficient (Wildman–Crippen LogP) is 6.22. The van der Waals surface area contributed by atoms with Crippen LogP contribution in [0.5, 0.6) is 0 Å². The first-order chi connectivity index (χ1) is 12.9. The van der Waals surface area contributed by atoms with Gasteiger partial charge in [0.25, 0.3) is 0 Å². The maximum Gasteiger partial charge on any atom is 0.0577 e. The summed E-state index contributed by atoms with van der Waals surface area (Å²) in [5.41, 5.74) is 7.01. The molecule has 0 aliphatic carbocycles. The first-order valence-electron chi connectivity index (χ1n) is 8.71. The van der Waals surface area contributed by atoms with Gasteiger partial charge in [-0.25, -0.2) is 0 Å². The number of para-hydroxylation sites is 1.